The predicted molar refractivity (Wildman–Crippen MR) is 84.6 cm³/mol. The number of sulfonamides is 1. The van der Waals surface area contributed by atoms with E-state index in [4.69, 9.17) is 0 Å². The quantitative estimate of drug-likeness (QED) is 0.750. The molecule has 0 aromatic carbocycles. The van der Waals surface area contributed by atoms with Gasteiger partial charge in [-0.2, -0.15) is 9.40 Å². The van der Waals surface area contributed by atoms with E-state index in [0.717, 1.165) is 6.54 Å². The average molecular weight is 316 g/mol. The number of rotatable bonds is 9. The molecule has 0 atom stereocenters. The Labute approximate surface area is 128 Å². The molecule has 0 amide bonds. The van der Waals surface area contributed by atoms with Crippen LogP contribution in [-0.2, 0) is 16.6 Å². The highest BCUT2D eigenvalue weighted by atomic mass is 32.2. The maximum absolute atomic E-state index is 12.6. The van der Waals surface area contributed by atoms with Crippen molar-refractivity contribution in [2.75, 3.05) is 19.6 Å². The Kier molecular flexibility index (Phi) is 6.83. The first-order chi connectivity index (χ1) is 9.77. The molecule has 1 N–H and O–H groups in total. The summed E-state index contributed by atoms with van der Waals surface area (Å²) in [5.41, 5.74) is 0. The summed E-state index contributed by atoms with van der Waals surface area (Å²) in [6.45, 7) is 12.5. The third-order valence-electron chi connectivity index (χ3n) is 3.06. The molecule has 0 aliphatic carbocycles. The fraction of sp³-hybridized carbons (Fsp3) is 0.786. The zero-order valence-electron chi connectivity index (χ0n) is 13.7. The van der Waals surface area contributed by atoms with Crippen LogP contribution < -0.4 is 5.32 Å². The normalized spacial score (nSPS) is 12.8. The van der Waals surface area contributed by atoms with E-state index in [2.05, 4.69) is 24.3 Å². The number of hydrogen-bond acceptors (Lipinski definition) is 4. The van der Waals surface area contributed by atoms with Crippen LogP contribution in [0.2, 0.25) is 0 Å². The van der Waals surface area contributed by atoms with Crippen molar-refractivity contribution in [1.29, 1.82) is 0 Å². The van der Waals surface area contributed by atoms with Crippen molar-refractivity contribution in [2.45, 2.75) is 52.1 Å². The molecule has 0 saturated heterocycles. The Morgan fingerprint density at radius 1 is 1.33 bits per heavy atom. The van der Waals surface area contributed by atoms with Gasteiger partial charge in [0.2, 0.25) is 10.0 Å². The van der Waals surface area contributed by atoms with Gasteiger partial charge in [0.05, 0.1) is 12.7 Å². The first kappa shape index (κ1) is 18.1. The Morgan fingerprint density at radius 3 is 2.52 bits per heavy atom. The van der Waals surface area contributed by atoms with Gasteiger partial charge in [-0.3, -0.25) is 4.68 Å². The lowest BCUT2D eigenvalue weighted by atomic mass is 10.2. The molecule has 1 aromatic heterocycles. The van der Waals surface area contributed by atoms with E-state index < -0.39 is 10.0 Å². The van der Waals surface area contributed by atoms with Gasteiger partial charge in [0, 0.05) is 31.9 Å². The molecule has 1 heterocycles. The molecule has 0 aliphatic heterocycles. The van der Waals surface area contributed by atoms with E-state index in [1.807, 2.05) is 20.8 Å². The number of aromatic nitrogens is 2. The molecule has 1 rings (SSSR count). The molecule has 7 heteroatoms. The highest BCUT2D eigenvalue weighted by Gasteiger charge is 2.25. The fourth-order valence-corrected chi connectivity index (χ4v) is 3.59. The lowest BCUT2D eigenvalue weighted by molar-refractivity contribution is 0.381. The standard InChI is InChI=1S/C14H28N4O2S/c1-6-18(10-12(2)3)21(19,20)14-9-16-17(11-14)8-7-15-13(4)5/h9,11-13,15H,6-8,10H2,1-5H3. The average Bonchev–Trinajstić information content (AvgIpc) is 2.84. The van der Waals surface area contributed by atoms with Crippen LogP contribution in [0.1, 0.15) is 34.6 Å². The second kappa shape index (κ2) is 7.91. The molecular formula is C14H28N4O2S. The second-order valence-electron chi connectivity index (χ2n) is 5.90. The van der Waals surface area contributed by atoms with Gasteiger partial charge in [-0.25, -0.2) is 8.42 Å². The minimum Gasteiger partial charge on any atom is -0.313 e. The van der Waals surface area contributed by atoms with Gasteiger partial charge in [0.1, 0.15) is 4.90 Å². The summed E-state index contributed by atoms with van der Waals surface area (Å²) in [5, 5.41) is 7.43. The summed E-state index contributed by atoms with van der Waals surface area (Å²) in [4.78, 5) is 0.273. The molecule has 0 saturated carbocycles. The van der Waals surface area contributed by atoms with Crippen molar-refractivity contribution in [3.8, 4) is 0 Å². The molecule has 122 valence electrons. The summed E-state index contributed by atoms with van der Waals surface area (Å²) in [7, 11) is -3.44. The van der Waals surface area contributed by atoms with Gasteiger partial charge in [0.25, 0.3) is 0 Å². The third kappa shape index (κ3) is 5.41. The fourth-order valence-electron chi connectivity index (χ4n) is 2.02. The van der Waals surface area contributed by atoms with E-state index in [9.17, 15) is 8.42 Å². The predicted octanol–water partition coefficient (Wildman–Crippen LogP) is 1.55. The lowest BCUT2D eigenvalue weighted by Crippen LogP contribution is -2.33. The number of nitrogens with zero attached hydrogens (tertiary/aromatic N) is 3. The molecule has 6 nitrogen and oxygen atoms in total. The van der Waals surface area contributed by atoms with E-state index in [1.54, 1.807) is 10.9 Å². The first-order valence-corrected chi connectivity index (χ1v) is 8.97. The summed E-state index contributed by atoms with van der Waals surface area (Å²) in [6.07, 6.45) is 3.05. The van der Waals surface area contributed by atoms with Gasteiger partial charge >= 0.3 is 0 Å². The molecule has 0 fully saturated rings. The van der Waals surface area contributed by atoms with E-state index in [1.165, 1.54) is 10.5 Å². The number of hydrogen-bond donors (Lipinski definition) is 1. The van der Waals surface area contributed by atoms with Crippen molar-refractivity contribution in [3.05, 3.63) is 12.4 Å². The number of nitrogens with one attached hydrogen (secondary N) is 1. The third-order valence-corrected chi connectivity index (χ3v) is 4.96. The van der Waals surface area contributed by atoms with Crippen LogP contribution >= 0.6 is 0 Å². The molecule has 0 spiro atoms. The second-order valence-corrected chi connectivity index (χ2v) is 7.84. The molecule has 21 heavy (non-hydrogen) atoms. The van der Waals surface area contributed by atoms with Gasteiger partial charge < -0.3 is 5.32 Å². The molecular weight excluding hydrogens is 288 g/mol. The Balaban J connectivity index is 2.77. The maximum Gasteiger partial charge on any atom is 0.246 e. The smallest absolute Gasteiger partial charge is 0.246 e. The first-order valence-electron chi connectivity index (χ1n) is 7.53. The minimum absolute atomic E-state index is 0.273. The van der Waals surface area contributed by atoms with Gasteiger partial charge in [0.15, 0.2) is 0 Å². The van der Waals surface area contributed by atoms with Crippen LogP contribution in [-0.4, -0.2) is 48.2 Å². The zero-order valence-corrected chi connectivity index (χ0v) is 14.5. The Hall–Kier alpha value is -0.920. The van der Waals surface area contributed by atoms with Crippen molar-refractivity contribution in [1.82, 2.24) is 19.4 Å². The zero-order chi connectivity index (χ0) is 16.0. The van der Waals surface area contributed by atoms with Gasteiger partial charge in [-0.1, -0.05) is 34.6 Å². The summed E-state index contributed by atoms with van der Waals surface area (Å²) >= 11 is 0. The SMILES string of the molecule is CCN(CC(C)C)S(=O)(=O)c1cnn(CCNC(C)C)c1. The summed E-state index contributed by atoms with van der Waals surface area (Å²) < 4.78 is 28.3. The van der Waals surface area contributed by atoms with Crippen LogP contribution in [0.4, 0.5) is 0 Å². The molecule has 0 aliphatic rings. The highest BCUT2D eigenvalue weighted by molar-refractivity contribution is 7.89. The monoisotopic (exact) mass is 316 g/mol. The van der Waals surface area contributed by atoms with E-state index in [-0.39, 0.29) is 4.90 Å². The van der Waals surface area contributed by atoms with Crippen molar-refractivity contribution in [2.24, 2.45) is 5.92 Å². The largest absolute Gasteiger partial charge is 0.313 e. The van der Waals surface area contributed by atoms with Crippen LogP contribution in [0.15, 0.2) is 17.3 Å². The van der Waals surface area contributed by atoms with E-state index in [0.29, 0.717) is 31.6 Å². The topological polar surface area (TPSA) is 67.2 Å². The van der Waals surface area contributed by atoms with Crippen molar-refractivity contribution >= 4 is 10.0 Å². The maximum atomic E-state index is 12.6. The van der Waals surface area contributed by atoms with Crippen LogP contribution in [0.5, 0.6) is 0 Å². The highest BCUT2D eigenvalue weighted by Crippen LogP contribution is 2.16. The van der Waals surface area contributed by atoms with E-state index >= 15 is 0 Å². The minimum atomic E-state index is -3.44. The Bertz CT molecular complexity index is 523. The van der Waals surface area contributed by atoms with Crippen molar-refractivity contribution < 1.29 is 8.42 Å². The van der Waals surface area contributed by atoms with Crippen LogP contribution in [0.3, 0.4) is 0 Å². The summed E-state index contributed by atoms with van der Waals surface area (Å²) in [5.74, 6) is 0.296. The summed E-state index contributed by atoms with van der Waals surface area (Å²) in [6, 6.07) is 0.408. The van der Waals surface area contributed by atoms with Crippen LogP contribution in [0.25, 0.3) is 0 Å². The van der Waals surface area contributed by atoms with Crippen molar-refractivity contribution in [3.63, 3.8) is 0 Å². The van der Waals surface area contributed by atoms with Gasteiger partial charge in [-0.15, -0.1) is 0 Å². The molecule has 1 aromatic rings. The molecule has 0 bridgehead atoms. The molecule has 0 unspecified atom stereocenters. The van der Waals surface area contributed by atoms with Gasteiger partial charge in [-0.05, 0) is 5.92 Å². The lowest BCUT2D eigenvalue weighted by Gasteiger charge is -2.21. The Morgan fingerprint density at radius 2 is 2.00 bits per heavy atom. The molecule has 0 radical (unpaired) electrons. The van der Waals surface area contributed by atoms with Crippen LogP contribution in [0, 0.1) is 5.92 Å².